The lowest BCUT2D eigenvalue weighted by molar-refractivity contribution is -0.0386. The number of anilines is 1. The quantitative estimate of drug-likeness (QED) is 0.400. The van der Waals surface area contributed by atoms with Crippen LogP contribution in [0.1, 0.15) is 63.6 Å². The summed E-state index contributed by atoms with van der Waals surface area (Å²) in [5.74, 6) is 0.996. The summed E-state index contributed by atoms with van der Waals surface area (Å²) < 4.78 is 9.97. The molecule has 3 aromatic heterocycles. The number of hydrogen-bond donors (Lipinski definition) is 0. The first-order valence-corrected chi connectivity index (χ1v) is 13.8. The molecule has 0 spiro atoms. The maximum atomic E-state index is 12.7. The van der Waals surface area contributed by atoms with Crippen LogP contribution in [0.5, 0.6) is 0 Å². The third-order valence-electron chi connectivity index (χ3n) is 8.34. The molecule has 2 aliphatic rings. The summed E-state index contributed by atoms with van der Waals surface area (Å²) >= 11 is 0. The van der Waals surface area contributed by atoms with E-state index in [9.17, 15) is 4.79 Å². The Morgan fingerprint density at radius 1 is 1.03 bits per heavy atom. The van der Waals surface area contributed by atoms with Crippen LogP contribution in [0.3, 0.4) is 0 Å². The zero-order valence-electron chi connectivity index (χ0n) is 23.0. The first-order chi connectivity index (χ1) is 18.3. The molecule has 2 aliphatic heterocycles. The Labute approximate surface area is 223 Å². The number of hydrogen-bond acceptors (Lipinski definition) is 7. The predicted octanol–water partition coefficient (Wildman–Crippen LogP) is 4.35. The van der Waals surface area contributed by atoms with Gasteiger partial charge in [-0.25, -0.2) is 9.67 Å². The summed E-state index contributed by atoms with van der Waals surface area (Å²) in [6, 6.07) is 10.6. The van der Waals surface area contributed by atoms with E-state index < -0.39 is 0 Å². The maximum absolute atomic E-state index is 12.7. The lowest BCUT2D eigenvalue weighted by Crippen LogP contribution is -2.57. The van der Waals surface area contributed by atoms with Gasteiger partial charge in [0.15, 0.2) is 12.0 Å². The molecule has 9 heteroatoms. The van der Waals surface area contributed by atoms with Gasteiger partial charge in [-0.2, -0.15) is 5.10 Å². The molecule has 0 radical (unpaired) electrons. The molecule has 1 aromatic carbocycles. The molecule has 200 valence electrons. The molecule has 2 fully saturated rings. The average molecular weight is 516 g/mol. The summed E-state index contributed by atoms with van der Waals surface area (Å²) in [6.45, 7) is 11.3. The van der Waals surface area contributed by atoms with Crippen LogP contribution in [0.25, 0.3) is 22.1 Å². The molecule has 38 heavy (non-hydrogen) atoms. The zero-order valence-corrected chi connectivity index (χ0v) is 23.0. The summed E-state index contributed by atoms with van der Waals surface area (Å²) in [4.78, 5) is 26.9. The Morgan fingerprint density at radius 2 is 1.84 bits per heavy atom. The second-order valence-corrected chi connectivity index (χ2v) is 11.0. The Morgan fingerprint density at radius 3 is 2.63 bits per heavy atom. The summed E-state index contributed by atoms with van der Waals surface area (Å²) in [5, 5.41) is 4.97. The molecule has 5 heterocycles. The number of fused-ring (bicyclic) bond motifs is 2. The highest BCUT2D eigenvalue weighted by molar-refractivity contribution is 5.87. The lowest BCUT2D eigenvalue weighted by Gasteiger charge is -2.48. The minimum atomic E-state index is -0.108. The highest BCUT2D eigenvalue weighted by Crippen LogP contribution is 2.37. The molecule has 2 unspecified atom stereocenters. The van der Waals surface area contributed by atoms with E-state index in [0.29, 0.717) is 0 Å². The van der Waals surface area contributed by atoms with Crippen LogP contribution in [0.4, 0.5) is 5.82 Å². The zero-order chi connectivity index (χ0) is 26.6. The molecule has 0 aliphatic carbocycles. The van der Waals surface area contributed by atoms with Crippen molar-refractivity contribution in [3.63, 3.8) is 0 Å². The smallest absolute Gasteiger partial charge is 0.250 e. The van der Waals surface area contributed by atoms with Gasteiger partial charge in [0, 0.05) is 57.1 Å². The molecule has 0 N–H and O–H groups in total. The number of rotatable bonds is 4. The van der Waals surface area contributed by atoms with Gasteiger partial charge in [-0.15, -0.1) is 0 Å². The second kappa shape index (κ2) is 9.78. The van der Waals surface area contributed by atoms with Crippen molar-refractivity contribution >= 4 is 27.9 Å². The monoisotopic (exact) mass is 515 g/mol. The summed E-state index contributed by atoms with van der Waals surface area (Å²) in [5.41, 5.74) is 5.74. The van der Waals surface area contributed by atoms with Crippen molar-refractivity contribution < 1.29 is 4.74 Å². The van der Waals surface area contributed by atoms with Crippen LogP contribution in [0.15, 0.2) is 41.3 Å². The van der Waals surface area contributed by atoms with Gasteiger partial charge < -0.3 is 14.2 Å². The van der Waals surface area contributed by atoms with E-state index in [4.69, 9.17) is 14.8 Å². The maximum Gasteiger partial charge on any atom is 0.250 e. The Bertz CT molecular complexity index is 1540. The van der Waals surface area contributed by atoms with Crippen molar-refractivity contribution in [3.05, 3.63) is 58.1 Å². The normalized spacial score (nSPS) is 23.8. The van der Waals surface area contributed by atoms with E-state index in [0.717, 1.165) is 72.5 Å². The fourth-order valence-electron chi connectivity index (χ4n) is 6.19. The molecule has 0 amide bonds. The number of pyridine rings is 1. The second-order valence-electron chi connectivity index (χ2n) is 11.0. The fraction of sp³-hybridized carbons (Fsp3) is 0.517. The standard InChI is InChI=1S/C29H37N7O2/c1-18-15-30-23-10-9-22(14-25(23)31-18)21(4)34-16-20(3)35(17-19(34)2)29-28-24(11-12-26(37)33(28)5)32-36(29)27-8-6-7-13-38-27/h9-12,14-15,19-21,27H,6-8,13,16-17H2,1-5H3/t19-,20+,21?,27?/m1/s1. The minimum Gasteiger partial charge on any atom is -0.356 e. The highest BCUT2D eigenvalue weighted by Gasteiger charge is 2.36. The van der Waals surface area contributed by atoms with Gasteiger partial charge in [-0.1, -0.05) is 6.07 Å². The highest BCUT2D eigenvalue weighted by atomic mass is 16.5. The van der Waals surface area contributed by atoms with E-state index in [-0.39, 0.29) is 29.9 Å². The van der Waals surface area contributed by atoms with E-state index >= 15 is 0 Å². The molecular weight excluding hydrogens is 478 g/mol. The average Bonchev–Trinajstić information content (AvgIpc) is 3.31. The molecule has 4 atom stereocenters. The molecule has 0 saturated carbocycles. The van der Waals surface area contributed by atoms with E-state index in [1.54, 1.807) is 10.6 Å². The SMILES string of the molecule is Cc1cnc2ccc(C(C)N3C[C@H](C)N(c4c5c(ccc(=O)n5C)nn4C4CCCCO4)C[C@H]3C)cc2n1. The van der Waals surface area contributed by atoms with Crippen molar-refractivity contribution in [2.24, 2.45) is 7.05 Å². The molecule has 6 rings (SSSR count). The van der Waals surface area contributed by atoms with Crippen LogP contribution >= 0.6 is 0 Å². The van der Waals surface area contributed by atoms with Gasteiger partial charge >= 0.3 is 0 Å². The van der Waals surface area contributed by atoms with Gasteiger partial charge in [0.25, 0.3) is 5.56 Å². The number of nitrogens with zero attached hydrogens (tertiary/aromatic N) is 7. The van der Waals surface area contributed by atoms with E-state index in [1.807, 2.05) is 26.2 Å². The van der Waals surface area contributed by atoms with Crippen LogP contribution < -0.4 is 10.5 Å². The third-order valence-corrected chi connectivity index (χ3v) is 8.34. The van der Waals surface area contributed by atoms with Gasteiger partial charge in [0.2, 0.25) is 0 Å². The number of benzene rings is 1. The summed E-state index contributed by atoms with van der Waals surface area (Å²) in [7, 11) is 1.85. The molecule has 0 bridgehead atoms. The van der Waals surface area contributed by atoms with Crippen molar-refractivity contribution in [1.29, 1.82) is 0 Å². The molecule has 2 saturated heterocycles. The van der Waals surface area contributed by atoms with Crippen molar-refractivity contribution in [1.82, 2.24) is 29.2 Å². The number of aromatic nitrogens is 5. The first kappa shape index (κ1) is 25.0. The third kappa shape index (κ3) is 4.27. The van der Waals surface area contributed by atoms with Crippen LogP contribution in [0, 0.1) is 6.92 Å². The first-order valence-electron chi connectivity index (χ1n) is 13.8. The van der Waals surface area contributed by atoms with Crippen molar-refractivity contribution in [3.8, 4) is 0 Å². The summed E-state index contributed by atoms with van der Waals surface area (Å²) in [6.07, 6.45) is 4.83. The van der Waals surface area contributed by atoms with Crippen LogP contribution in [-0.2, 0) is 11.8 Å². The van der Waals surface area contributed by atoms with Crippen molar-refractivity contribution in [2.75, 3.05) is 24.6 Å². The van der Waals surface area contributed by atoms with E-state index in [2.05, 4.69) is 58.4 Å². The predicted molar refractivity (Wildman–Crippen MR) is 149 cm³/mol. The Hall–Kier alpha value is -3.30. The number of piperazine rings is 1. The van der Waals surface area contributed by atoms with Gasteiger partial charge in [0.05, 0.1) is 16.7 Å². The topological polar surface area (TPSA) is 81.3 Å². The number of aryl methyl sites for hydroxylation is 2. The van der Waals surface area contributed by atoms with Crippen LogP contribution in [0.2, 0.25) is 0 Å². The Balaban J connectivity index is 1.34. The largest absolute Gasteiger partial charge is 0.356 e. The van der Waals surface area contributed by atoms with E-state index in [1.165, 1.54) is 5.56 Å². The number of ether oxygens (including phenoxy) is 1. The Kier molecular flexibility index (Phi) is 6.44. The van der Waals surface area contributed by atoms with Crippen LogP contribution in [-0.4, -0.2) is 61.0 Å². The minimum absolute atomic E-state index is 0.0227. The lowest BCUT2D eigenvalue weighted by atomic mass is 10.00. The van der Waals surface area contributed by atoms with Gasteiger partial charge in [-0.3, -0.25) is 14.7 Å². The molecule has 4 aromatic rings. The molecule has 9 nitrogen and oxygen atoms in total. The molecular formula is C29H37N7O2. The fourth-order valence-corrected chi connectivity index (χ4v) is 6.19. The van der Waals surface area contributed by atoms with Crippen molar-refractivity contribution in [2.45, 2.75) is 71.3 Å². The van der Waals surface area contributed by atoms with Gasteiger partial charge in [-0.05, 0) is 70.7 Å². The van der Waals surface area contributed by atoms with Gasteiger partial charge in [0.1, 0.15) is 11.0 Å².